The lowest BCUT2D eigenvalue weighted by Crippen LogP contribution is -2.37. The van der Waals surface area contributed by atoms with E-state index in [0.29, 0.717) is 11.6 Å². The second-order valence-corrected chi connectivity index (χ2v) is 5.27. The van der Waals surface area contributed by atoms with Crippen LogP contribution in [0.4, 0.5) is 0 Å². The Morgan fingerprint density at radius 3 is 2.43 bits per heavy atom. The molecule has 0 saturated carbocycles. The van der Waals surface area contributed by atoms with Gasteiger partial charge in [0.1, 0.15) is 0 Å². The molecule has 0 aromatic heterocycles. The quantitative estimate of drug-likeness (QED) is 0.599. The van der Waals surface area contributed by atoms with Crippen LogP contribution in [0.1, 0.15) is 25.8 Å². The zero-order valence-electron chi connectivity index (χ0n) is 12.5. The average molecular weight is 310 g/mol. The highest BCUT2D eigenvalue weighted by molar-refractivity contribution is 6.30. The first-order valence-electron chi connectivity index (χ1n) is 6.75. The van der Waals surface area contributed by atoms with Crippen LogP contribution in [0.3, 0.4) is 0 Å². The first-order chi connectivity index (χ1) is 9.93. The third kappa shape index (κ3) is 6.00. The largest absolute Gasteiger partial charge is 0.469 e. The first-order valence-corrected chi connectivity index (χ1v) is 7.13. The summed E-state index contributed by atoms with van der Waals surface area (Å²) in [6.45, 7) is 4.16. The summed E-state index contributed by atoms with van der Waals surface area (Å²) in [5.41, 5.74) is 0.893. The maximum Gasteiger partial charge on any atom is 0.307 e. The molecular formula is C16H20ClNO3. The SMILES string of the molecule is COC(=O)CCN(C(=O)/C=C/c1ccc(Cl)cc1)C(C)C. The topological polar surface area (TPSA) is 46.6 Å². The molecule has 0 fully saturated rings. The molecule has 114 valence electrons. The summed E-state index contributed by atoms with van der Waals surface area (Å²) < 4.78 is 4.59. The lowest BCUT2D eigenvalue weighted by Gasteiger charge is -2.25. The monoisotopic (exact) mass is 309 g/mol. The number of methoxy groups -OCH3 is 1. The summed E-state index contributed by atoms with van der Waals surface area (Å²) in [5, 5.41) is 0.653. The van der Waals surface area contributed by atoms with Crippen LogP contribution in [0.2, 0.25) is 5.02 Å². The molecule has 1 aromatic carbocycles. The van der Waals surface area contributed by atoms with E-state index in [1.807, 2.05) is 26.0 Å². The Morgan fingerprint density at radius 2 is 1.90 bits per heavy atom. The highest BCUT2D eigenvalue weighted by Gasteiger charge is 2.15. The van der Waals surface area contributed by atoms with Crippen LogP contribution in [0, 0.1) is 0 Å². The molecule has 0 radical (unpaired) electrons. The number of halogens is 1. The molecule has 0 aliphatic carbocycles. The predicted octanol–water partition coefficient (Wildman–Crippen LogP) is 3.15. The highest BCUT2D eigenvalue weighted by atomic mass is 35.5. The maximum absolute atomic E-state index is 12.2. The predicted molar refractivity (Wildman–Crippen MR) is 84.0 cm³/mol. The number of carbonyl (C=O) groups excluding carboxylic acids is 2. The molecule has 1 rings (SSSR count). The summed E-state index contributed by atoms with van der Waals surface area (Å²) in [4.78, 5) is 25.0. The third-order valence-electron chi connectivity index (χ3n) is 2.98. The summed E-state index contributed by atoms with van der Waals surface area (Å²) in [6, 6.07) is 7.21. The number of nitrogens with zero attached hydrogens (tertiary/aromatic N) is 1. The van der Waals surface area contributed by atoms with Gasteiger partial charge in [0.25, 0.3) is 0 Å². The number of carbonyl (C=O) groups is 2. The van der Waals surface area contributed by atoms with Crippen LogP contribution in [0.25, 0.3) is 6.08 Å². The van der Waals surface area contributed by atoms with E-state index in [9.17, 15) is 9.59 Å². The summed E-state index contributed by atoms with van der Waals surface area (Å²) in [5.74, 6) is -0.459. The Labute approximate surface area is 130 Å². The van der Waals surface area contributed by atoms with Crippen molar-refractivity contribution in [3.63, 3.8) is 0 Å². The van der Waals surface area contributed by atoms with E-state index in [-0.39, 0.29) is 24.3 Å². The third-order valence-corrected chi connectivity index (χ3v) is 3.23. The molecule has 0 saturated heterocycles. The number of hydrogen-bond acceptors (Lipinski definition) is 3. The molecule has 0 N–H and O–H groups in total. The fourth-order valence-electron chi connectivity index (χ4n) is 1.77. The minimum atomic E-state index is -0.324. The second-order valence-electron chi connectivity index (χ2n) is 4.84. The van der Waals surface area contributed by atoms with Crippen molar-refractivity contribution in [1.29, 1.82) is 0 Å². The van der Waals surface area contributed by atoms with Crippen LogP contribution >= 0.6 is 11.6 Å². The molecule has 5 heteroatoms. The van der Waals surface area contributed by atoms with Crippen LogP contribution in [-0.4, -0.2) is 36.5 Å². The Balaban J connectivity index is 2.68. The number of amides is 1. The van der Waals surface area contributed by atoms with E-state index < -0.39 is 0 Å². The molecule has 0 spiro atoms. The van der Waals surface area contributed by atoms with Gasteiger partial charge in [-0.05, 0) is 37.6 Å². The smallest absolute Gasteiger partial charge is 0.307 e. The van der Waals surface area contributed by atoms with Gasteiger partial charge in [0.2, 0.25) is 5.91 Å². The molecular weight excluding hydrogens is 290 g/mol. The molecule has 4 nitrogen and oxygen atoms in total. The van der Waals surface area contributed by atoms with Crippen molar-refractivity contribution < 1.29 is 14.3 Å². The molecule has 0 aliphatic heterocycles. The molecule has 1 aromatic rings. The number of esters is 1. The summed E-state index contributed by atoms with van der Waals surface area (Å²) >= 11 is 5.81. The van der Waals surface area contributed by atoms with Crippen LogP contribution in [0.5, 0.6) is 0 Å². The number of benzene rings is 1. The van der Waals surface area contributed by atoms with Crippen molar-refractivity contribution in [1.82, 2.24) is 4.90 Å². The van der Waals surface area contributed by atoms with E-state index in [0.717, 1.165) is 5.56 Å². The van der Waals surface area contributed by atoms with Gasteiger partial charge >= 0.3 is 5.97 Å². The Hall–Kier alpha value is -1.81. The van der Waals surface area contributed by atoms with Gasteiger partial charge in [-0.15, -0.1) is 0 Å². The standard InChI is InChI=1S/C16H20ClNO3/c1-12(2)18(11-10-16(20)21-3)15(19)9-6-13-4-7-14(17)8-5-13/h4-9,12H,10-11H2,1-3H3/b9-6+. The molecule has 0 heterocycles. The van der Waals surface area contributed by atoms with Crippen LogP contribution in [0.15, 0.2) is 30.3 Å². The Morgan fingerprint density at radius 1 is 1.29 bits per heavy atom. The molecule has 0 atom stereocenters. The zero-order valence-corrected chi connectivity index (χ0v) is 13.3. The first kappa shape index (κ1) is 17.2. The van der Waals surface area contributed by atoms with Crippen molar-refractivity contribution in [2.75, 3.05) is 13.7 Å². The fraction of sp³-hybridized carbons (Fsp3) is 0.375. The molecule has 21 heavy (non-hydrogen) atoms. The minimum Gasteiger partial charge on any atom is -0.469 e. The van der Waals surface area contributed by atoms with Crippen molar-refractivity contribution in [2.45, 2.75) is 26.3 Å². The van der Waals surface area contributed by atoms with E-state index in [1.165, 1.54) is 13.2 Å². The molecule has 0 aliphatic rings. The maximum atomic E-state index is 12.2. The van der Waals surface area contributed by atoms with Gasteiger partial charge < -0.3 is 9.64 Å². The average Bonchev–Trinajstić information content (AvgIpc) is 2.46. The highest BCUT2D eigenvalue weighted by Crippen LogP contribution is 2.11. The van der Waals surface area contributed by atoms with Crippen LogP contribution < -0.4 is 0 Å². The lowest BCUT2D eigenvalue weighted by atomic mass is 10.2. The van der Waals surface area contributed by atoms with E-state index in [2.05, 4.69) is 4.74 Å². The minimum absolute atomic E-state index is 0.0111. The van der Waals surface area contributed by atoms with Gasteiger partial charge in [-0.3, -0.25) is 9.59 Å². The van der Waals surface area contributed by atoms with Gasteiger partial charge in [-0.1, -0.05) is 23.7 Å². The molecule has 1 amide bonds. The van der Waals surface area contributed by atoms with Crippen molar-refractivity contribution in [3.8, 4) is 0 Å². The summed E-state index contributed by atoms with van der Waals surface area (Å²) in [6.07, 6.45) is 3.42. The zero-order chi connectivity index (χ0) is 15.8. The van der Waals surface area contributed by atoms with Crippen molar-refractivity contribution >= 4 is 29.6 Å². The fourth-order valence-corrected chi connectivity index (χ4v) is 1.90. The molecule has 0 bridgehead atoms. The Kier molecular flexibility index (Phi) is 6.96. The van der Waals surface area contributed by atoms with Gasteiger partial charge in [0.15, 0.2) is 0 Å². The Bertz CT molecular complexity index is 509. The van der Waals surface area contributed by atoms with Gasteiger partial charge in [-0.2, -0.15) is 0 Å². The molecule has 0 unspecified atom stereocenters. The lowest BCUT2D eigenvalue weighted by molar-refractivity contribution is -0.141. The van der Waals surface area contributed by atoms with E-state index in [1.54, 1.807) is 23.1 Å². The van der Waals surface area contributed by atoms with E-state index >= 15 is 0 Å². The van der Waals surface area contributed by atoms with E-state index in [4.69, 9.17) is 11.6 Å². The van der Waals surface area contributed by atoms with Gasteiger partial charge in [0.05, 0.1) is 13.5 Å². The summed E-state index contributed by atoms with van der Waals surface area (Å²) in [7, 11) is 1.34. The normalized spacial score (nSPS) is 10.9. The van der Waals surface area contributed by atoms with Crippen LogP contribution in [-0.2, 0) is 14.3 Å². The van der Waals surface area contributed by atoms with Crippen molar-refractivity contribution in [3.05, 3.63) is 40.9 Å². The van der Waals surface area contributed by atoms with Gasteiger partial charge in [-0.25, -0.2) is 0 Å². The van der Waals surface area contributed by atoms with Crippen molar-refractivity contribution in [2.24, 2.45) is 0 Å². The second kappa shape index (κ2) is 8.47. The number of hydrogen-bond donors (Lipinski definition) is 0. The number of rotatable bonds is 6. The number of ether oxygens (including phenoxy) is 1. The van der Waals surface area contributed by atoms with Gasteiger partial charge in [0, 0.05) is 23.7 Å².